The van der Waals surface area contributed by atoms with Crippen molar-refractivity contribution in [3.8, 4) is 11.3 Å². The van der Waals surface area contributed by atoms with Crippen LogP contribution in [0.3, 0.4) is 0 Å². The standard InChI is InChI=1S/C15H17N5OS/c1-15(2,3)20-14(16-18-19-20)22-10-12-9-13(21-17-12)11-7-5-4-6-8-11/h4-9H,10H2,1-3H3. The summed E-state index contributed by atoms with van der Waals surface area (Å²) >= 11 is 1.55. The molecule has 0 radical (unpaired) electrons. The maximum atomic E-state index is 5.40. The van der Waals surface area contributed by atoms with Crippen LogP contribution in [0.15, 0.2) is 46.1 Å². The van der Waals surface area contributed by atoms with Gasteiger partial charge in [0.1, 0.15) is 0 Å². The van der Waals surface area contributed by atoms with Gasteiger partial charge in [0, 0.05) is 17.4 Å². The van der Waals surface area contributed by atoms with Gasteiger partial charge >= 0.3 is 0 Å². The van der Waals surface area contributed by atoms with E-state index in [-0.39, 0.29) is 5.54 Å². The van der Waals surface area contributed by atoms with Crippen molar-refractivity contribution in [2.45, 2.75) is 37.2 Å². The molecule has 0 saturated carbocycles. The minimum absolute atomic E-state index is 0.148. The molecule has 0 atom stereocenters. The molecule has 0 saturated heterocycles. The van der Waals surface area contributed by atoms with Crippen LogP contribution in [0.1, 0.15) is 26.5 Å². The molecule has 7 heteroatoms. The Labute approximate surface area is 132 Å². The molecule has 1 aromatic carbocycles. The topological polar surface area (TPSA) is 69.6 Å². The smallest absolute Gasteiger partial charge is 0.210 e. The van der Waals surface area contributed by atoms with Crippen LogP contribution in [0.2, 0.25) is 0 Å². The van der Waals surface area contributed by atoms with Crippen molar-refractivity contribution in [1.29, 1.82) is 0 Å². The number of aromatic nitrogens is 5. The van der Waals surface area contributed by atoms with Gasteiger partial charge in [-0.2, -0.15) is 0 Å². The third-order valence-electron chi connectivity index (χ3n) is 3.04. The summed E-state index contributed by atoms with van der Waals surface area (Å²) in [6, 6.07) is 11.9. The summed E-state index contributed by atoms with van der Waals surface area (Å²) in [5, 5.41) is 16.7. The van der Waals surface area contributed by atoms with Crippen molar-refractivity contribution in [3.63, 3.8) is 0 Å². The lowest BCUT2D eigenvalue weighted by molar-refractivity contribution is 0.321. The van der Waals surface area contributed by atoms with Crippen molar-refractivity contribution in [1.82, 2.24) is 25.4 Å². The Hall–Kier alpha value is -2.15. The van der Waals surface area contributed by atoms with Gasteiger partial charge in [-0.3, -0.25) is 0 Å². The van der Waals surface area contributed by atoms with E-state index in [2.05, 4.69) is 41.5 Å². The van der Waals surface area contributed by atoms with Gasteiger partial charge < -0.3 is 4.52 Å². The molecule has 6 nitrogen and oxygen atoms in total. The normalized spacial score (nSPS) is 11.8. The van der Waals surface area contributed by atoms with Crippen LogP contribution >= 0.6 is 11.8 Å². The maximum absolute atomic E-state index is 5.40. The molecule has 114 valence electrons. The number of hydrogen-bond acceptors (Lipinski definition) is 6. The molecule has 0 unspecified atom stereocenters. The Balaban J connectivity index is 1.71. The highest BCUT2D eigenvalue weighted by molar-refractivity contribution is 7.98. The molecule has 2 aromatic heterocycles. The zero-order valence-corrected chi connectivity index (χ0v) is 13.5. The van der Waals surface area contributed by atoms with Gasteiger partial charge in [0.25, 0.3) is 0 Å². The summed E-state index contributed by atoms with van der Waals surface area (Å²) in [6.07, 6.45) is 0. The van der Waals surface area contributed by atoms with Crippen molar-refractivity contribution in [3.05, 3.63) is 42.1 Å². The predicted octanol–water partition coefficient (Wildman–Crippen LogP) is 3.38. The maximum Gasteiger partial charge on any atom is 0.210 e. The van der Waals surface area contributed by atoms with E-state index in [0.29, 0.717) is 5.75 Å². The van der Waals surface area contributed by atoms with E-state index in [4.69, 9.17) is 4.52 Å². The van der Waals surface area contributed by atoms with Gasteiger partial charge in [-0.1, -0.05) is 47.3 Å². The number of thioether (sulfide) groups is 1. The van der Waals surface area contributed by atoms with Crippen LogP contribution in [0.25, 0.3) is 11.3 Å². The van der Waals surface area contributed by atoms with E-state index in [0.717, 1.165) is 22.2 Å². The summed E-state index contributed by atoms with van der Waals surface area (Å²) in [5.74, 6) is 1.43. The van der Waals surface area contributed by atoms with Crippen LogP contribution in [-0.2, 0) is 11.3 Å². The number of nitrogens with zero attached hydrogens (tertiary/aromatic N) is 5. The minimum Gasteiger partial charge on any atom is -0.356 e. The highest BCUT2D eigenvalue weighted by Crippen LogP contribution is 2.26. The van der Waals surface area contributed by atoms with Crippen LogP contribution < -0.4 is 0 Å². The van der Waals surface area contributed by atoms with E-state index in [1.54, 1.807) is 11.8 Å². The first-order valence-electron chi connectivity index (χ1n) is 6.97. The third kappa shape index (κ3) is 3.19. The summed E-state index contributed by atoms with van der Waals surface area (Å²) in [5.41, 5.74) is 1.74. The fourth-order valence-electron chi connectivity index (χ4n) is 1.95. The first kappa shape index (κ1) is 14.8. The van der Waals surface area contributed by atoms with Gasteiger partial charge in [-0.05, 0) is 31.2 Å². The largest absolute Gasteiger partial charge is 0.356 e. The first-order valence-corrected chi connectivity index (χ1v) is 7.95. The second kappa shape index (κ2) is 5.92. The van der Waals surface area contributed by atoms with Crippen molar-refractivity contribution < 1.29 is 4.52 Å². The Morgan fingerprint density at radius 3 is 2.68 bits per heavy atom. The molecule has 3 aromatic rings. The summed E-state index contributed by atoms with van der Waals surface area (Å²) in [4.78, 5) is 0. The SMILES string of the molecule is CC(C)(C)n1nnnc1SCc1cc(-c2ccccc2)on1. The Kier molecular flexibility index (Phi) is 3.98. The number of rotatable bonds is 4. The Bertz CT molecular complexity index is 745. The second-order valence-electron chi connectivity index (χ2n) is 5.88. The fourth-order valence-corrected chi connectivity index (χ4v) is 2.89. The molecule has 0 aliphatic rings. The highest BCUT2D eigenvalue weighted by atomic mass is 32.2. The molecular formula is C15H17N5OS. The number of tetrazole rings is 1. The van der Waals surface area contributed by atoms with E-state index < -0.39 is 0 Å². The third-order valence-corrected chi connectivity index (χ3v) is 4.00. The van der Waals surface area contributed by atoms with E-state index in [1.807, 2.05) is 41.1 Å². The number of hydrogen-bond donors (Lipinski definition) is 0. The zero-order chi connectivity index (χ0) is 15.6. The predicted molar refractivity (Wildman–Crippen MR) is 84.3 cm³/mol. The Morgan fingerprint density at radius 1 is 1.18 bits per heavy atom. The minimum atomic E-state index is -0.148. The van der Waals surface area contributed by atoms with Crippen LogP contribution in [0.5, 0.6) is 0 Å². The highest BCUT2D eigenvalue weighted by Gasteiger charge is 2.20. The van der Waals surface area contributed by atoms with Gasteiger partial charge in [-0.15, -0.1) is 5.10 Å². The quantitative estimate of drug-likeness (QED) is 0.687. The molecule has 0 spiro atoms. The lowest BCUT2D eigenvalue weighted by atomic mass is 10.1. The Morgan fingerprint density at radius 2 is 1.95 bits per heavy atom. The van der Waals surface area contributed by atoms with Crippen LogP contribution in [-0.4, -0.2) is 25.4 Å². The molecular weight excluding hydrogens is 298 g/mol. The molecule has 0 N–H and O–H groups in total. The van der Waals surface area contributed by atoms with Gasteiger partial charge in [0.2, 0.25) is 5.16 Å². The zero-order valence-electron chi connectivity index (χ0n) is 12.7. The second-order valence-corrected chi connectivity index (χ2v) is 6.82. The average molecular weight is 315 g/mol. The monoisotopic (exact) mass is 315 g/mol. The molecule has 0 aliphatic carbocycles. The fraction of sp³-hybridized carbons (Fsp3) is 0.333. The first-order chi connectivity index (χ1) is 10.5. The van der Waals surface area contributed by atoms with Crippen molar-refractivity contribution in [2.75, 3.05) is 0 Å². The molecule has 0 aliphatic heterocycles. The van der Waals surface area contributed by atoms with Crippen molar-refractivity contribution in [2.24, 2.45) is 0 Å². The van der Waals surface area contributed by atoms with E-state index >= 15 is 0 Å². The summed E-state index contributed by atoms with van der Waals surface area (Å²) < 4.78 is 7.21. The van der Waals surface area contributed by atoms with E-state index in [1.165, 1.54) is 0 Å². The summed E-state index contributed by atoms with van der Waals surface area (Å²) in [7, 11) is 0. The van der Waals surface area contributed by atoms with Crippen LogP contribution in [0.4, 0.5) is 0 Å². The lowest BCUT2D eigenvalue weighted by Gasteiger charge is -2.19. The molecule has 0 fully saturated rings. The van der Waals surface area contributed by atoms with Gasteiger partial charge in [0.05, 0.1) is 11.2 Å². The van der Waals surface area contributed by atoms with E-state index in [9.17, 15) is 0 Å². The molecule has 22 heavy (non-hydrogen) atoms. The van der Waals surface area contributed by atoms with Gasteiger partial charge in [-0.25, -0.2) is 4.68 Å². The molecule has 0 bridgehead atoms. The van der Waals surface area contributed by atoms with Gasteiger partial charge in [0.15, 0.2) is 5.76 Å². The number of benzene rings is 1. The molecule has 3 rings (SSSR count). The average Bonchev–Trinajstić information content (AvgIpc) is 3.15. The lowest BCUT2D eigenvalue weighted by Crippen LogP contribution is -2.24. The van der Waals surface area contributed by atoms with Crippen LogP contribution in [0, 0.1) is 0 Å². The molecule has 2 heterocycles. The van der Waals surface area contributed by atoms with Crippen molar-refractivity contribution >= 4 is 11.8 Å². The molecule has 0 amide bonds. The summed E-state index contributed by atoms with van der Waals surface area (Å²) in [6.45, 7) is 6.20.